The molecule has 0 heterocycles. The number of esters is 1. The zero-order chi connectivity index (χ0) is 21.3. The SMILES string of the molecule is COc1c2ccccc2c(OC(=O)CCCCCCCCC(C)=O)c2ccccc12. The van der Waals surface area contributed by atoms with Crippen molar-refractivity contribution in [3.05, 3.63) is 48.5 Å². The largest absolute Gasteiger partial charge is 0.495 e. The van der Waals surface area contributed by atoms with Crippen LogP contribution in [0.5, 0.6) is 11.5 Å². The minimum Gasteiger partial charge on any atom is -0.495 e. The lowest BCUT2D eigenvalue weighted by atomic mass is 10.0. The number of hydrogen-bond donors (Lipinski definition) is 0. The average molecular weight is 407 g/mol. The van der Waals surface area contributed by atoms with Crippen LogP contribution in [0.3, 0.4) is 0 Å². The van der Waals surface area contributed by atoms with E-state index in [1.807, 2.05) is 48.5 Å². The second-order valence-electron chi connectivity index (χ2n) is 7.75. The molecule has 3 aromatic carbocycles. The lowest BCUT2D eigenvalue weighted by Crippen LogP contribution is -2.08. The van der Waals surface area contributed by atoms with E-state index in [0.29, 0.717) is 18.6 Å². The Labute approximate surface area is 178 Å². The summed E-state index contributed by atoms with van der Waals surface area (Å²) in [5.41, 5.74) is 0. The summed E-state index contributed by atoms with van der Waals surface area (Å²) in [6, 6.07) is 15.7. The first-order valence-corrected chi connectivity index (χ1v) is 10.8. The summed E-state index contributed by atoms with van der Waals surface area (Å²) in [5.74, 6) is 1.46. The lowest BCUT2D eigenvalue weighted by molar-refractivity contribution is -0.134. The molecule has 4 nitrogen and oxygen atoms in total. The molecule has 0 spiro atoms. The van der Waals surface area contributed by atoms with Gasteiger partial charge in [0, 0.05) is 34.4 Å². The number of benzene rings is 3. The molecule has 0 saturated heterocycles. The third-order valence-corrected chi connectivity index (χ3v) is 5.41. The Morgan fingerprint density at radius 2 is 1.10 bits per heavy atom. The molecule has 0 unspecified atom stereocenters. The van der Waals surface area contributed by atoms with Crippen LogP contribution in [0.4, 0.5) is 0 Å². The van der Waals surface area contributed by atoms with E-state index in [2.05, 4.69) is 0 Å². The highest BCUT2D eigenvalue weighted by molar-refractivity contribution is 6.11. The van der Waals surface area contributed by atoms with Gasteiger partial charge in [0.2, 0.25) is 0 Å². The van der Waals surface area contributed by atoms with E-state index in [1.54, 1.807) is 14.0 Å². The van der Waals surface area contributed by atoms with Gasteiger partial charge in [0.25, 0.3) is 0 Å². The molecule has 0 aliphatic rings. The normalized spacial score (nSPS) is 11.0. The predicted molar refractivity (Wildman–Crippen MR) is 121 cm³/mol. The maximum atomic E-state index is 12.6. The summed E-state index contributed by atoms with van der Waals surface area (Å²) >= 11 is 0. The number of Topliss-reactive ketones (excluding diaryl/α,β-unsaturated/α-hetero) is 1. The highest BCUT2D eigenvalue weighted by Gasteiger charge is 2.17. The van der Waals surface area contributed by atoms with Crippen LogP contribution in [-0.4, -0.2) is 18.9 Å². The van der Waals surface area contributed by atoms with Crippen LogP contribution in [0, 0.1) is 0 Å². The van der Waals surface area contributed by atoms with Crippen molar-refractivity contribution >= 4 is 33.3 Å². The summed E-state index contributed by atoms with van der Waals surface area (Å²) < 4.78 is 11.6. The smallest absolute Gasteiger partial charge is 0.311 e. The third kappa shape index (κ3) is 5.38. The van der Waals surface area contributed by atoms with Gasteiger partial charge in [-0.1, -0.05) is 74.2 Å². The molecule has 0 aliphatic carbocycles. The first kappa shape index (κ1) is 21.8. The van der Waals surface area contributed by atoms with Crippen molar-refractivity contribution in [3.8, 4) is 11.5 Å². The fraction of sp³-hybridized carbons (Fsp3) is 0.385. The fourth-order valence-corrected chi connectivity index (χ4v) is 3.89. The van der Waals surface area contributed by atoms with Crippen LogP contribution in [0.25, 0.3) is 21.5 Å². The first-order chi connectivity index (χ1) is 14.6. The molecule has 0 N–H and O–H groups in total. The van der Waals surface area contributed by atoms with Gasteiger partial charge in [0.05, 0.1) is 7.11 Å². The zero-order valence-corrected chi connectivity index (χ0v) is 17.9. The summed E-state index contributed by atoms with van der Waals surface area (Å²) in [5, 5.41) is 3.64. The molecule has 4 heteroatoms. The van der Waals surface area contributed by atoms with Crippen LogP contribution in [-0.2, 0) is 9.59 Å². The van der Waals surface area contributed by atoms with Gasteiger partial charge in [-0.3, -0.25) is 4.79 Å². The number of carbonyl (C=O) groups is 2. The van der Waals surface area contributed by atoms with Crippen LogP contribution >= 0.6 is 0 Å². The van der Waals surface area contributed by atoms with Gasteiger partial charge in [-0.25, -0.2) is 0 Å². The highest BCUT2D eigenvalue weighted by Crippen LogP contribution is 2.42. The van der Waals surface area contributed by atoms with Crippen LogP contribution < -0.4 is 9.47 Å². The van der Waals surface area contributed by atoms with Crippen molar-refractivity contribution in [2.24, 2.45) is 0 Å². The standard InChI is InChI=1S/C26H30O4/c1-19(27)13-7-5-3-4-6-8-18-24(28)30-26-22-16-11-9-14-20(22)25(29-2)21-15-10-12-17-23(21)26/h9-12,14-17H,3-8,13,18H2,1-2H3. The Balaban J connectivity index is 1.64. The summed E-state index contributed by atoms with van der Waals surface area (Å²) in [6.45, 7) is 1.64. The van der Waals surface area contributed by atoms with Gasteiger partial charge in [-0.15, -0.1) is 0 Å². The average Bonchev–Trinajstić information content (AvgIpc) is 2.75. The summed E-state index contributed by atoms with van der Waals surface area (Å²) in [6.07, 6.45) is 7.13. The molecule has 0 bridgehead atoms. The number of ether oxygens (including phenoxy) is 2. The Morgan fingerprint density at radius 3 is 1.57 bits per heavy atom. The summed E-state index contributed by atoms with van der Waals surface area (Å²) in [4.78, 5) is 23.5. The fourth-order valence-electron chi connectivity index (χ4n) is 3.89. The van der Waals surface area contributed by atoms with Crippen LogP contribution in [0.1, 0.15) is 58.3 Å². The Bertz CT molecular complexity index is 965. The molecule has 0 fully saturated rings. The van der Waals surface area contributed by atoms with Gasteiger partial charge in [0.1, 0.15) is 17.3 Å². The molecule has 0 saturated carbocycles. The zero-order valence-electron chi connectivity index (χ0n) is 17.9. The molecular formula is C26H30O4. The van der Waals surface area contributed by atoms with Crippen molar-refractivity contribution in [3.63, 3.8) is 0 Å². The number of hydrogen-bond acceptors (Lipinski definition) is 4. The van der Waals surface area contributed by atoms with E-state index in [-0.39, 0.29) is 11.8 Å². The number of fused-ring (bicyclic) bond motifs is 2. The Kier molecular flexibility index (Phi) is 7.83. The molecule has 30 heavy (non-hydrogen) atoms. The van der Waals surface area contributed by atoms with Crippen molar-refractivity contribution in [1.29, 1.82) is 0 Å². The van der Waals surface area contributed by atoms with E-state index >= 15 is 0 Å². The number of methoxy groups -OCH3 is 1. The third-order valence-electron chi connectivity index (χ3n) is 5.41. The highest BCUT2D eigenvalue weighted by atomic mass is 16.5. The lowest BCUT2D eigenvalue weighted by Gasteiger charge is -2.15. The van der Waals surface area contributed by atoms with Gasteiger partial charge in [0.15, 0.2) is 0 Å². The Hall–Kier alpha value is -2.88. The molecule has 158 valence electrons. The number of unbranched alkanes of at least 4 members (excludes halogenated alkanes) is 5. The second kappa shape index (κ2) is 10.8. The summed E-state index contributed by atoms with van der Waals surface area (Å²) in [7, 11) is 1.67. The first-order valence-electron chi connectivity index (χ1n) is 10.8. The van der Waals surface area contributed by atoms with E-state index in [0.717, 1.165) is 65.8 Å². The van der Waals surface area contributed by atoms with E-state index in [9.17, 15) is 9.59 Å². The maximum absolute atomic E-state index is 12.6. The number of rotatable bonds is 11. The van der Waals surface area contributed by atoms with Gasteiger partial charge in [-0.2, -0.15) is 0 Å². The molecule has 0 atom stereocenters. The van der Waals surface area contributed by atoms with Crippen molar-refractivity contribution < 1.29 is 19.1 Å². The second-order valence-corrected chi connectivity index (χ2v) is 7.75. The molecule has 3 rings (SSSR count). The van der Waals surface area contributed by atoms with Crippen molar-refractivity contribution in [1.82, 2.24) is 0 Å². The number of ketones is 1. The van der Waals surface area contributed by atoms with Crippen LogP contribution in [0.2, 0.25) is 0 Å². The molecule has 0 radical (unpaired) electrons. The molecule has 0 aromatic heterocycles. The maximum Gasteiger partial charge on any atom is 0.311 e. The van der Waals surface area contributed by atoms with E-state index < -0.39 is 0 Å². The monoisotopic (exact) mass is 406 g/mol. The van der Waals surface area contributed by atoms with E-state index in [1.165, 1.54) is 0 Å². The van der Waals surface area contributed by atoms with Crippen molar-refractivity contribution in [2.75, 3.05) is 7.11 Å². The molecule has 0 aliphatic heterocycles. The molecular weight excluding hydrogens is 376 g/mol. The Morgan fingerprint density at radius 1 is 0.667 bits per heavy atom. The van der Waals surface area contributed by atoms with E-state index in [4.69, 9.17) is 9.47 Å². The van der Waals surface area contributed by atoms with Gasteiger partial charge < -0.3 is 14.3 Å². The topological polar surface area (TPSA) is 52.6 Å². The van der Waals surface area contributed by atoms with Gasteiger partial charge >= 0.3 is 5.97 Å². The predicted octanol–water partition coefficient (Wildman–Crippen LogP) is 6.62. The minimum absolute atomic E-state index is 0.202. The van der Waals surface area contributed by atoms with Gasteiger partial charge in [-0.05, 0) is 19.8 Å². The van der Waals surface area contributed by atoms with Crippen molar-refractivity contribution in [2.45, 2.75) is 58.3 Å². The van der Waals surface area contributed by atoms with Crippen LogP contribution in [0.15, 0.2) is 48.5 Å². The molecule has 3 aromatic rings. The molecule has 0 amide bonds. The minimum atomic E-state index is -0.202. The quantitative estimate of drug-likeness (QED) is 0.155. The number of carbonyl (C=O) groups excluding carboxylic acids is 2.